The zero-order chi connectivity index (χ0) is 19.5. The Balaban J connectivity index is 1.57. The van der Waals surface area contributed by atoms with Gasteiger partial charge >= 0.3 is 0 Å². The molecule has 0 amide bonds. The average molecular weight is 374 g/mol. The van der Waals surface area contributed by atoms with Crippen LogP contribution in [-0.2, 0) is 4.74 Å². The fourth-order valence-electron chi connectivity index (χ4n) is 3.92. The summed E-state index contributed by atoms with van der Waals surface area (Å²) in [6.07, 6.45) is 0. The van der Waals surface area contributed by atoms with Gasteiger partial charge in [0.2, 0.25) is 0 Å². The molecular weight excluding hydrogens is 348 g/mol. The zero-order valence-corrected chi connectivity index (χ0v) is 16.5. The van der Waals surface area contributed by atoms with Gasteiger partial charge in [0.1, 0.15) is 0 Å². The monoisotopic (exact) mass is 374 g/mol. The van der Waals surface area contributed by atoms with Crippen LogP contribution in [-0.4, -0.2) is 48.1 Å². The predicted octanol–water partition coefficient (Wildman–Crippen LogP) is 4.28. The van der Waals surface area contributed by atoms with Crippen molar-refractivity contribution in [1.29, 1.82) is 0 Å². The molecule has 1 aliphatic rings. The van der Waals surface area contributed by atoms with Crippen molar-refractivity contribution in [3.05, 3.63) is 77.6 Å². The second-order valence-corrected chi connectivity index (χ2v) is 7.34. The summed E-state index contributed by atoms with van der Waals surface area (Å²) in [4.78, 5) is 15.0. The Labute approximate surface area is 166 Å². The molecule has 1 saturated heterocycles. The highest BCUT2D eigenvalue weighted by Gasteiger charge is 2.20. The van der Waals surface area contributed by atoms with Crippen LogP contribution >= 0.6 is 0 Å². The summed E-state index contributed by atoms with van der Waals surface area (Å²) in [7, 11) is 0. The molecule has 0 unspecified atom stereocenters. The second-order valence-electron chi connectivity index (χ2n) is 7.34. The minimum absolute atomic E-state index is 0.183. The summed E-state index contributed by atoms with van der Waals surface area (Å²) in [5.41, 5.74) is 6.38. The molecule has 2 heterocycles. The van der Waals surface area contributed by atoms with Gasteiger partial charge in [-0.25, -0.2) is 0 Å². The molecule has 0 aliphatic carbocycles. The molecule has 4 nitrogen and oxygen atoms in total. The van der Waals surface area contributed by atoms with E-state index in [1.54, 1.807) is 0 Å². The normalized spacial score (nSPS) is 14.9. The first-order valence-electron chi connectivity index (χ1n) is 9.81. The number of carbonyl (C=O) groups is 1. The minimum atomic E-state index is 0.183. The molecule has 4 heteroatoms. The number of ketones is 1. The van der Waals surface area contributed by atoms with Gasteiger partial charge in [0.05, 0.1) is 19.8 Å². The highest BCUT2D eigenvalue weighted by molar-refractivity contribution is 5.99. The van der Waals surface area contributed by atoms with Crippen molar-refractivity contribution >= 4 is 5.78 Å². The third-order valence-electron chi connectivity index (χ3n) is 5.44. The average Bonchev–Trinajstić information content (AvgIpc) is 3.04. The van der Waals surface area contributed by atoms with Gasteiger partial charge in [0.25, 0.3) is 0 Å². The Kier molecular flexibility index (Phi) is 5.42. The van der Waals surface area contributed by atoms with Gasteiger partial charge in [-0.1, -0.05) is 42.5 Å². The Morgan fingerprint density at radius 1 is 0.929 bits per heavy atom. The largest absolute Gasteiger partial charge is 0.379 e. The fraction of sp³-hybridized carbons (Fsp3) is 0.292. The minimum Gasteiger partial charge on any atom is -0.379 e. The van der Waals surface area contributed by atoms with Crippen molar-refractivity contribution in [1.82, 2.24) is 9.47 Å². The maximum atomic E-state index is 12.9. The van der Waals surface area contributed by atoms with Gasteiger partial charge in [0.15, 0.2) is 5.78 Å². The number of benzene rings is 2. The van der Waals surface area contributed by atoms with Gasteiger partial charge in [-0.2, -0.15) is 0 Å². The number of hydrogen-bond acceptors (Lipinski definition) is 3. The molecule has 3 aromatic rings. The molecule has 28 heavy (non-hydrogen) atoms. The number of nitrogens with zero attached hydrogens (tertiary/aromatic N) is 2. The van der Waals surface area contributed by atoms with Crippen molar-refractivity contribution in [3.8, 4) is 16.8 Å². The van der Waals surface area contributed by atoms with Crippen LogP contribution in [0.15, 0.2) is 60.7 Å². The molecule has 0 radical (unpaired) electrons. The summed E-state index contributed by atoms with van der Waals surface area (Å²) in [6, 6.07) is 20.9. The summed E-state index contributed by atoms with van der Waals surface area (Å²) >= 11 is 0. The Bertz CT molecular complexity index is 952. The summed E-state index contributed by atoms with van der Waals surface area (Å²) in [5, 5.41) is 0. The van der Waals surface area contributed by atoms with Crippen LogP contribution in [0.5, 0.6) is 0 Å². The molecule has 1 fully saturated rings. The van der Waals surface area contributed by atoms with E-state index in [1.165, 1.54) is 11.1 Å². The van der Waals surface area contributed by atoms with E-state index in [9.17, 15) is 4.79 Å². The van der Waals surface area contributed by atoms with E-state index in [2.05, 4.69) is 64.9 Å². The SMILES string of the molecule is Cc1cc(C(=O)CN2CCOCC2)c(C)n1-c1ccc(-c2ccccc2)cc1. The summed E-state index contributed by atoms with van der Waals surface area (Å²) < 4.78 is 7.54. The van der Waals surface area contributed by atoms with Crippen LogP contribution in [0, 0.1) is 13.8 Å². The predicted molar refractivity (Wildman–Crippen MR) is 112 cm³/mol. The number of rotatable bonds is 5. The van der Waals surface area contributed by atoms with Gasteiger partial charge in [-0.05, 0) is 43.2 Å². The van der Waals surface area contributed by atoms with Crippen LogP contribution in [0.4, 0.5) is 0 Å². The van der Waals surface area contributed by atoms with Crippen molar-refractivity contribution in [3.63, 3.8) is 0 Å². The fourth-order valence-corrected chi connectivity index (χ4v) is 3.92. The van der Waals surface area contributed by atoms with E-state index in [0.717, 1.165) is 35.7 Å². The maximum Gasteiger partial charge on any atom is 0.178 e. The third-order valence-corrected chi connectivity index (χ3v) is 5.44. The first-order valence-corrected chi connectivity index (χ1v) is 9.81. The Hall–Kier alpha value is -2.69. The number of Topliss-reactive ketones (excluding diaryl/α,β-unsaturated/α-hetero) is 1. The zero-order valence-electron chi connectivity index (χ0n) is 16.5. The molecule has 0 saturated carbocycles. The van der Waals surface area contributed by atoms with E-state index in [4.69, 9.17) is 4.74 Å². The molecule has 0 spiro atoms. The molecule has 1 aromatic heterocycles. The number of aromatic nitrogens is 1. The number of carbonyl (C=O) groups excluding carboxylic acids is 1. The van der Waals surface area contributed by atoms with Crippen LogP contribution in [0.1, 0.15) is 21.7 Å². The molecule has 0 bridgehead atoms. The van der Waals surface area contributed by atoms with Crippen molar-refractivity contribution in [2.75, 3.05) is 32.8 Å². The molecule has 4 rings (SSSR count). The van der Waals surface area contributed by atoms with Crippen LogP contribution in [0.3, 0.4) is 0 Å². The highest BCUT2D eigenvalue weighted by Crippen LogP contribution is 2.25. The molecule has 2 aromatic carbocycles. The van der Waals surface area contributed by atoms with E-state index in [0.29, 0.717) is 19.8 Å². The molecule has 144 valence electrons. The Morgan fingerprint density at radius 2 is 1.57 bits per heavy atom. The highest BCUT2D eigenvalue weighted by atomic mass is 16.5. The summed E-state index contributed by atoms with van der Waals surface area (Å²) in [5.74, 6) is 0.183. The number of hydrogen-bond donors (Lipinski definition) is 0. The number of aryl methyl sites for hydroxylation is 1. The van der Waals surface area contributed by atoms with Crippen molar-refractivity contribution < 1.29 is 9.53 Å². The molecule has 0 atom stereocenters. The van der Waals surface area contributed by atoms with Crippen molar-refractivity contribution in [2.24, 2.45) is 0 Å². The van der Waals surface area contributed by atoms with E-state index >= 15 is 0 Å². The quantitative estimate of drug-likeness (QED) is 0.625. The van der Waals surface area contributed by atoms with Gasteiger partial charge < -0.3 is 9.30 Å². The second kappa shape index (κ2) is 8.13. The maximum absolute atomic E-state index is 12.9. The van der Waals surface area contributed by atoms with Crippen molar-refractivity contribution in [2.45, 2.75) is 13.8 Å². The first-order chi connectivity index (χ1) is 13.6. The van der Waals surface area contributed by atoms with Crippen LogP contribution in [0.25, 0.3) is 16.8 Å². The first kappa shape index (κ1) is 18.7. The number of morpholine rings is 1. The lowest BCUT2D eigenvalue weighted by Gasteiger charge is -2.25. The van der Waals surface area contributed by atoms with Gasteiger partial charge in [-0.3, -0.25) is 9.69 Å². The van der Waals surface area contributed by atoms with E-state index < -0.39 is 0 Å². The number of ether oxygens (including phenoxy) is 1. The van der Waals surface area contributed by atoms with E-state index in [1.807, 2.05) is 19.1 Å². The lowest BCUT2D eigenvalue weighted by Crippen LogP contribution is -2.39. The molecule has 1 aliphatic heterocycles. The van der Waals surface area contributed by atoms with Crippen LogP contribution in [0.2, 0.25) is 0 Å². The lowest BCUT2D eigenvalue weighted by atomic mass is 10.1. The molecule has 0 N–H and O–H groups in total. The smallest absolute Gasteiger partial charge is 0.178 e. The Morgan fingerprint density at radius 3 is 2.25 bits per heavy atom. The van der Waals surface area contributed by atoms with Gasteiger partial charge in [0, 0.05) is 35.7 Å². The topological polar surface area (TPSA) is 34.5 Å². The standard InChI is InChI=1S/C24H26N2O2/c1-18-16-23(24(27)17-25-12-14-28-15-13-25)19(2)26(18)22-10-8-21(9-11-22)20-6-4-3-5-7-20/h3-11,16H,12-15,17H2,1-2H3. The summed E-state index contributed by atoms with van der Waals surface area (Å²) in [6.45, 7) is 7.62. The lowest BCUT2D eigenvalue weighted by molar-refractivity contribution is 0.0371. The van der Waals surface area contributed by atoms with Crippen LogP contribution < -0.4 is 0 Å². The van der Waals surface area contributed by atoms with Gasteiger partial charge in [-0.15, -0.1) is 0 Å². The molecular formula is C24H26N2O2. The third kappa shape index (κ3) is 3.79. The van der Waals surface area contributed by atoms with E-state index in [-0.39, 0.29) is 5.78 Å².